The van der Waals surface area contributed by atoms with Gasteiger partial charge in [0.15, 0.2) is 0 Å². The molecular weight excluding hydrogens is 298 g/mol. The van der Waals surface area contributed by atoms with E-state index in [0.29, 0.717) is 6.61 Å². The molecule has 4 heteroatoms. The van der Waals surface area contributed by atoms with Crippen LogP contribution in [0.2, 0.25) is 0 Å². The van der Waals surface area contributed by atoms with Crippen molar-refractivity contribution in [2.24, 2.45) is 0 Å². The highest BCUT2D eigenvalue weighted by Crippen LogP contribution is 2.35. The van der Waals surface area contributed by atoms with Crippen LogP contribution in [-0.4, -0.2) is 21.6 Å². The summed E-state index contributed by atoms with van der Waals surface area (Å²) in [6, 6.07) is 12.4. The molecule has 4 rings (SSSR count). The van der Waals surface area contributed by atoms with E-state index >= 15 is 0 Å². The number of nitrogens with one attached hydrogen (secondary N) is 2. The van der Waals surface area contributed by atoms with E-state index in [0.717, 1.165) is 22.4 Å². The number of nitrogens with zero attached hydrogens (tertiary/aromatic N) is 1. The summed E-state index contributed by atoms with van der Waals surface area (Å²) >= 11 is 0. The van der Waals surface area contributed by atoms with Gasteiger partial charge in [-0.3, -0.25) is 0 Å². The van der Waals surface area contributed by atoms with Gasteiger partial charge in [0.2, 0.25) is 0 Å². The zero-order valence-electron chi connectivity index (χ0n) is 14.2. The molecular formula is C20H21N3O. The van der Waals surface area contributed by atoms with Gasteiger partial charge in [-0.2, -0.15) is 0 Å². The Kier molecular flexibility index (Phi) is 3.62. The van der Waals surface area contributed by atoms with E-state index in [9.17, 15) is 0 Å². The van der Waals surface area contributed by atoms with Gasteiger partial charge in [0.25, 0.3) is 0 Å². The normalized spacial score (nSPS) is 13.0. The second-order valence-corrected chi connectivity index (χ2v) is 6.16. The maximum atomic E-state index is 6.13. The second-order valence-electron chi connectivity index (χ2n) is 6.16. The molecule has 0 saturated carbocycles. The van der Waals surface area contributed by atoms with Crippen LogP contribution < -0.4 is 0 Å². The number of hydrogen-bond donors (Lipinski definition) is 2. The topological polar surface area (TPSA) is 53.7 Å². The van der Waals surface area contributed by atoms with Crippen molar-refractivity contribution < 1.29 is 4.74 Å². The van der Waals surface area contributed by atoms with Crippen LogP contribution in [0.25, 0.3) is 21.9 Å². The molecule has 0 fully saturated rings. The van der Waals surface area contributed by atoms with E-state index < -0.39 is 0 Å². The fourth-order valence-electron chi connectivity index (χ4n) is 3.52. The van der Waals surface area contributed by atoms with E-state index in [1.807, 2.05) is 37.4 Å². The summed E-state index contributed by atoms with van der Waals surface area (Å²) in [7, 11) is 0. The van der Waals surface area contributed by atoms with E-state index in [4.69, 9.17) is 9.72 Å². The lowest BCUT2D eigenvalue weighted by Crippen LogP contribution is -2.10. The number of aromatic amines is 2. The lowest BCUT2D eigenvalue weighted by molar-refractivity contribution is 0.0865. The molecule has 4 nitrogen and oxygen atoms in total. The summed E-state index contributed by atoms with van der Waals surface area (Å²) in [6.07, 6.45) is 1.78. The van der Waals surface area contributed by atoms with Crippen molar-refractivity contribution in [2.45, 2.75) is 26.9 Å². The SMILES string of the molecule is CCOC(c1nc2ccccc2[nH]1)c1c(C)cc(C)c2[nH]ccc12. The standard InChI is InChI=1S/C20H21N3O/c1-4-24-19(20-22-15-7-5-6-8-16(15)23-20)17-12(2)11-13(3)18-14(17)9-10-21-18/h5-11,19,21H,4H2,1-3H3,(H,22,23). The van der Waals surface area contributed by atoms with Gasteiger partial charge >= 0.3 is 0 Å². The van der Waals surface area contributed by atoms with Crippen LogP contribution in [0.4, 0.5) is 0 Å². The average Bonchev–Trinajstić information content (AvgIpc) is 3.20. The molecule has 2 aromatic heterocycles. The first-order chi connectivity index (χ1) is 11.7. The monoisotopic (exact) mass is 319 g/mol. The summed E-state index contributed by atoms with van der Waals surface area (Å²) < 4.78 is 6.13. The minimum Gasteiger partial charge on any atom is -0.366 e. The number of rotatable bonds is 4. The highest BCUT2D eigenvalue weighted by molar-refractivity contribution is 5.88. The van der Waals surface area contributed by atoms with Crippen LogP contribution in [0.5, 0.6) is 0 Å². The molecule has 2 heterocycles. The van der Waals surface area contributed by atoms with Crippen LogP contribution in [0, 0.1) is 13.8 Å². The van der Waals surface area contributed by atoms with Crippen LogP contribution in [0.15, 0.2) is 42.6 Å². The number of H-pyrrole nitrogens is 2. The second kappa shape index (κ2) is 5.80. The smallest absolute Gasteiger partial charge is 0.141 e. The van der Waals surface area contributed by atoms with E-state index in [1.54, 1.807) is 0 Å². The van der Waals surface area contributed by atoms with Crippen LogP contribution in [-0.2, 0) is 4.74 Å². The third-order valence-electron chi connectivity index (χ3n) is 4.54. The molecule has 0 spiro atoms. The van der Waals surface area contributed by atoms with Crippen molar-refractivity contribution in [3.8, 4) is 0 Å². The molecule has 0 saturated heterocycles. The first kappa shape index (κ1) is 15.0. The lowest BCUT2D eigenvalue weighted by atomic mass is 9.96. The molecule has 0 radical (unpaired) electrons. The maximum Gasteiger partial charge on any atom is 0.141 e. The lowest BCUT2D eigenvalue weighted by Gasteiger charge is -2.19. The van der Waals surface area contributed by atoms with E-state index in [1.165, 1.54) is 22.1 Å². The van der Waals surface area contributed by atoms with Gasteiger partial charge < -0.3 is 14.7 Å². The van der Waals surface area contributed by atoms with Crippen molar-refractivity contribution in [3.63, 3.8) is 0 Å². The minimum atomic E-state index is -0.207. The average molecular weight is 319 g/mol. The maximum absolute atomic E-state index is 6.13. The van der Waals surface area contributed by atoms with Crippen molar-refractivity contribution in [3.05, 3.63) is 65.1 Å². The molecule has 0 aliphatic carbocycles. The van der Waals surface area contributed by atoms with E-state index in [2.05, 4.69) is 35.9 Å². The Morgan fingerprint density at radius 1 is 1.12 bits per heavy atom. The fraction of sp³-hybridized carbons (Fsp3) is 0.250. The van der Waals surface area contributed by atoms with Crippen molar-refractivity contribution in [1.82, 2.24) is 15.0 Å². The first-order valence-electron chi connectivity index (χ1n) is 8.32. The molecule has 2 aromatic carbocycles. The number of aryl methyl sites for hydroxylation is 2. The number of ether oxygens (including phenoxy) is 1. The minimum absolute atomic E-state index is 0.207. The highest BCUT2D eigenvalue weighted by atomic mass is 16.5. The van der Waals surface area contributed by atoms with E-state index in [-0.39, 0.29) is 6.10 Å². The molecule has 0 amide bonds. The summed E-state index contributed by atoms with van der Waals surface area (Å²) in [5.41, 5.74) is 6.81. The van der Waals surface area contributed by atoms with Gasteiger partial charge in [-0.05, 0) is 50.1 Å². The first-order valence-corrected chi connectivity index (χ1v) is 8.32. The van der Waals surface area contributed by atoms with Crippen molar-refractivity contribution in [1.29, 1.82) is 0 Å². The summed E-state index contributed by atoms with van der Waals surface area (Å²) in [5.74, 6) is 0.854. The molecule has 0 bridgehead atoms. The van der Waals surface area contributed by atoms with Gasteiger partial charge in [-0.1, -0.05) is 18.2 Å². The van der Waals surface area contributed by atoms with Crippen LogP contribution >= 0.6 is 0 Å². The predicted molar refractivity (Wildman–Crippen MR) is 97.3 cm³/mol. The Bertz CT molecular complexity index is 979. The molecule has 24 heavy (non-hydrogen) atoms. The molecule has 0 aliphatic heterocycles. The largest absolute Gasteiger partial charge is 0.366 e. The van der Waals surface area contributed by atoms with Crippen molar-refractivity contribution >= 4 is 21.9 Å². The van der Waals surface area contributed by atoms with Gasteiger partial charge in [0, 0.05) is 29.3 Å². The fourth-order valence-corrected chi connectivity index (χ4v) is 3.52. The Morgan fingerprint density at radius 2 is 1.96 bits per heavy atom. The number of imidazole rings is 1. The zero-order valence-corrected chi connectivity index (χ0v) is 14.2. The Morgan fingerprint density at radius 3 is 2.75 bits per heavy atom. The Hall–Kier alpha value is -2.59. The number of aromatic nitrogens is 3. The quantitative estimate of drug-likeness (QED) is 0.568. The number of hydrogen-bond acceptors (Lipinski definition) is 2. The van der Waals surface area contributed by atoms with Gasteiger partial charge in [-0.25, -0.2) is 4.98 Å². The highest BCUT2D eigenvalue weighted by Gasteiger charge is 2.23. The zero-order chi connectivity index (χ0) is 16.7. The molecule has 122 valence electrons. The van der Waals surface area contributed by atoms with Crippen molar-refractivity contribution in [2.75, 3.05) is 6.61 Å². The molecule has 0 aliphatic rings. The number of fused-ring (bicyclic) bond motifs is 2. The van der Waals surface area contributed by atoms with Gasteiger partial charge in [0.05, 0.1) is 11.0 Å². The number of para-hydroxylation sites is 2. The Balaban J connectivity index is 1.94. The predicted octanol–water partition coefficient (Wildman–Crippen LogP) is 4.79. The Labute approximate surface area is 140 Å². The summed E-state index contributed by atoms with van der Waals surface area (Å²) in [5, 5.41) is 1.20. The molecule has 1 atom stereocenters. The molecule has 4 aromatic rings. The summed E-state index contributed by atoms with van der Waals surface area (Å²) in [4.78, 5) is 11.5. The summed E-state index contributed by atoms with van der Waals surface area (Å²) in [6.45, 7) is 6.92. The third kappa shape index (κ3) is 2.31. The molecule has 2 N–H and O–H groups in total. The number of benzene rings is 2. The van der Waals surface area contributed by atoms with Crippen LogP contribution in [0.3, 0.4) is 0 Å². The van der Waals surface area contributed by atoms with Gasteiger partial charge in [-0.15, -0.1) is 0 Å². The third-order valence-corrected chi connectivity index (χ3v) is 4.54. The molecule has 1 unspecified atom stereocenters. The van der Waals surface area contributed by atoms with Crippen LogP contribution in [0.1, 0.15) is 35.5 Å². The van der Waals surface area contributed by atoms with Gasteiger partial charge in [0.1, 0.15) is 11.9 Å².